The molecule has 0 spiro atoms. The zero-order valence-corrected chi connectivity index (χ0v) is 20.4. The molecule has 0 radical (unpaired) electrons. The van der Waals surface area contributed by atoms with Crippen molar-refractivity contribution >= 4 is 45.9 Å². The molecule has 1 aliphatic heterocycles. The van der Waals surface area contributed by atoms with Crippen molar-refractivity contribution < 1.29 is 18.8 Å². The molecule has 1 aliphatic rings. The first-order chi connectivity index (χ1) is 17.8. The third kappa shape index (κ3) is 5.03. The minimum atomic E-state index is -1.35. The molecule has 0 aliphatic carbocycles. The van der Waals surface area contributed by atoms with E-state index in [9.17, 15) is 18.8 Å². The van der Waals surface area contributed by atoms with Crippen LogP contribution in [-0.2, 0) is 16.1 Å². The molecule has 2 atom stereocenters. The van der Waals surface area contributed by atoms with Crippen LogP contribution in [0.5, 0.6) is 0 Å². The lowest BCUT2D eigenvalue weighted by Crippen LogP contribution is -2.44. The van der Waals surface area contributed by atoms with Crippen molar-refractivity contribution in [3.05, 3.63) is 66.0 Å². The number of likely N-dealkylation sites (tertiary alicyclic amines) is 1. The van der Waals surface area contributed by atoms with Crippen molar-refractivity contribution in [1.82, 2.24) is 29.6 Å². The number of nitrogens with one attached hydrogen (secondary N) is 1. The molecule has 5 rings (SSSR count). The molecule has 1 saturated heterocycles. The highest BCUT2D eigenvalue weighted by Crippen LogP contribution is 2.29. The molecular weight excluding hydrogens is 501 g/mol. The maximum absolute atomic E-state index is 14.4. The Kier molecular flexibility index (Phi) is 6.62. The number of aromatic nitrogens is 5. The largest absolute Gasteiger partial charge is 0.337 e. The van der Waals surface area contributed by atoms with Gasteiger partial charge in [-0.3, -0.25) is 19.4 Å². The average molecular weight is 522 g/mol. The third-order valence-corrected chi connectivity index (χ3v) is 6.40. The fourth-order valence-electron chi connectivity index (χ4n) is 4.51. The van der Waals surface area contributed by atoms with Crippen molar-refractivity contribution in [3.8, 4) is 11.1 Å². The fraction of sp³-hybridized carbons (Fsp3) is 0.240. The molecule has 188 valence electrons. The molecule has 2 amide bonds. The SMILES string of the molecule is CC(=O)c1cn(CC(=O)N2CC(F)CC2C(=O)Nc2cncc(Cl)n2)c2ccc(-c3ccnnc3)cc12. The Hall–Kier alpha value is -4.25. The molecule has 1 N–H and O–H groups in total. The van der Waals surface area contributed by atoms with E-state index in [-0.39, 0.29) is 36.3 Å². The molecule has 0 saturated carbocycles. The maximum atomic E-state index is 14.4. The summed E-state index contributed by atoms with van der Waals surface area (Å²) in [5, 5.41) is 11.0. The highest BCUT2D eigenvalue weighted by molar-refractivity contribution is 6.29. The molecule has 4 heterocycles. The Morgan fingerprint density at radius 3 is 2.70 bits per heavy atom. The van der Waals surface area contributed by atoms with Gasteiger partial charge in [0.2, 0.25) is 11.8 Å². The van der Waals surface area contributed by atoms with Gasteiger partial charge in [-0.1, -0.05) is 17.7 Å². The number of anilines is 1. The summed E-state index contributed by atoms with van der Waals surface area (Å²) in [6.07, 6.45) is 5.94. The second-order valence-electron chi connectivity index (χ2n) is 8.70. The molecule has 12 heteroatoms. The summed E-state index contributed by atoms with van der Waals surface area (Å²) in [5.74, 6) is -1.09. The quantitative estimate of drug-likeness (QED) is 0.386. The number of carbonyl (C=O) groups excluding carboxylic acids is 3. The van der Waals surface area contributed by atoms with Gasteiger partial charge < -0.3 is 14.8 Å². The summed E-state index contributed by atoms with van der Waals surface area (Å²) in [5.41, 5.74) is 2.79. The van der Waals surface area contributed by atoms with Gasteiger partial charge in [0, 0.05) is 34.6 Å². The number of fused-ring (bicyclic) bond motifs is 1. The lowest BCUT2D eigenvalue weighted by atomic mass is 10.0. The summed E-state index contributed by atoms with van der Waals surface area (Å²) in [6.45, 7) is 1.07. The Labute approximate surface area is 215 Å². The Balaban J connectivity index is 1.41. The lowest BCUT2D eigenvalue weighted by molar-refractivity contribution is -0.137. The van der Waals surface area contributed by atoms with Gasteiger partial charge >= 0.3 is 0 Å². The molecular formula is C25H21ClFN7O3. The number of Topliss-reactive ketones (excluding diaryl/α,β-unsaturated/α-hetero) is 1. The number of nitrogens with zero attached hydrogens (tertiary/aromatic N) is 6. The van der Waals surface area contributed by atoms with Crippen LogP contribution in [0.1, 0.15) is 23.7 Å². The molecule has 37 heavy (non-hydrogen) atoms. The average Bonchev–Trinajstić information content (AvgIpc) is 3.45. The van der Waals surface area contributed by atoms with Gasteiger partial charge in [-0.05, 0) is 30.7 Å². The van der Waals surface area contributed by atoms with E-state index >= 15 is 0 Å². The summed E-state index contributed by atoms with van der Waals surface area (Å²) < 4.78 is 16.0. The summed E-state index contributed by atoms with van der Waals surface area (Å²) >= 11 is 5.81. The van der Waals surface area contributed by atoms with Crippen LogP contribution in [0.3, 0.4) is 0 Å². The number of halogens is 2. The van der Waals surface area contributed by atoms with E-state index in [2.05, 4.69) is 25.5 Å². The monoisotopic (exact) mass is 521 g/mol. The Morgan fingerprint density at radius 1 is 1.14 bits per heavy atom. The third-order valence-electron chi connectivity index (χ3n) is 6.21. The van der Waals surface area contributed by atoms with E-state index in [0.29, 0.717) is 16.5 Å². The molecule has 1 fully saturated rings. The Bertz CT molecular complexity index is 1510. The summed E-state index contributed by atoms with van der Waals surface area (Å²) in [7, 11) is 0. The van der Waals surface area contributed by atoms with Crippen LogP contribution < -0.4 is 5.32 Å². The molecule has 4 aromatic rings. The second kappa shape index (κ2) is 10.0. The van der Waals surface area contributed by atoms with E-state index in [4.69, 9.17) is 11.6 Å². The van der Waals surface area contributed by atoms with Gasteiger partial charge in [0.05, 0.1) is 31.3 Å². The highest BCUT2D eigenvalue weighted by Gasteiger charge is 2.40. The van der Waals surface area contributed by atoms with Gasteiger partial charge in [-0.15, -0.1) is 0 Å². The van der Waals surface area contributed by atoms with Crippen molar-refractivity contribution in [1.29, 1.82) is 0 Å². The van der Waals surface area contributed by atoms with Crippen LogP contribution in [0.25, 0.3) is 22.0 Å². The van der Waals surface area contributed by atoms with Crippen LogP contribution in [0, 0.1) is 0 Å². The predicted octanol–water partition coefficient (Wildman–Crippen LogP) is 3.32. The van der Waals surface area contributed by atoms with Crippen LogP contribution in [0.4, 0.5) is 10.2 Å². The minimum absolute atomic E-state index is 0.0876. The van der Waals surface area contributed by atoms with E-state index < -0.39 is 24.0 Å². The van der Waals surface area contributed by atoms with E-state index in [1.54, 1.807) is 23.2 Å². The number of alkyl halides is 1. The molecule has 3 aromatic heterocycles. The van der Waals surface area contributed by atoms with Crippen LogP contribution in [-0.4, -0.2) is 66.0 Å². The fourth-order valence-corrected chi connectivity index (χ4v) is 4.65. The van der Waals surface area contributed by atoms with E-state index in [0.717, 1.165) is 11.1 Å². The number of ketones is 1. The number of hydrogen-bond acceptors (Lipinski definition) is 7. The van der Waals surface area contributed by atoms with Crippen molar-refractivity contribution in [2.75, 3.05) is 11.9 Å². The van der Waals surface area contributed by atoms with Gasteiger partial charge in [0.1, 0.15) is 23.9 Å². The number of rotatable bonds is 6. The zero-order chi connectivity index (χ0) is 26.1. The molecule has 2 unspecified atom stereocenters. The molecule has 10 nitrogen and oxygen atoms in total. The topological polar surface area (TPSA) is 123 Å². The first kappa shape index (κ1) is 24.4. The summed E-state index contributed by atoms with van der Waals surface area (Å²) in [6, 6.07) is 6.32. The lowest BCUT2D eigenvalue weighted by Gasteiger charge is -2.24. The predicted molar refractivity (Wildman–Crippen MR) is 134 cm³/mol. The first-order valence-electron chi connectivity index (χ1n) is 11.4. The molecule has 1 aromatic carbocycles. The number of carbonyl (C=O) groups is 3. The van der Waals surface area contributed by atoms with Crippen molar-refractivity contribution in [2.45, 2.75) is 32.1 Å². The van der Waals surface area contributed by atoms with Gasteiger partial charge in [0.25, 0.3) is 0 Å². The highest BCUT2D eigenvalue weighted by atomic mass is 35.5. The van der Waals surface area contributed by atoms with Gasteiger partial charge in [-0.2, -0.15) is 10.2 Å². The standard InChI is InChI=1S/C25H21ClFN7O3/c1-14(35)19-12-33(20-3-2-15(6-18(19)20)16-4-5-29-30-8-16)13-24(36)34-11-17(27)7-21(34)25(37)32-23-10-28-9-22(26)31-23/h2-6,8-10,12,17,21H,7,11,13H2,1H3,(H,31,32,37). The number of amides is 2. The van der Waals surface area contributed by atoms with E-state index in [1.165, 1.54) is 24.2 Å². The van der Waals surface area contributed by atoms with Gasteiger partial charge in [0.15, 0.2) is 11.6 Å². The van der Waals surface area contributed by atoms with E-state index in [1.807, 2.05) is 24.3 Å². The zero-order valence-electron chi connectivity index (χ0n) is 19.6. The summed E-state index contributed by atoms with van der Waals surface area (Å²) in [4.78, 5) is 47.6. The van der Waals surface area contributed by atoms with Crippen LogP contribution in [0.15, 0.2) is 55.2 Å². The first-order valence-corrected chi connectivity index (χ1v) is 11.8. The normalized spacial score (nSPS) is 17.2. The van der Waals surface area contributed by atoms with Gasteiger partial charge in [-0.25, -0.2) is 9.37 Å². The number of hydrogen-bond donors (Lipinski definition) is 1. The minimum Gasteiger partial charge on any atom is -0.337 e. The van der Waals surface area contributed by atoms with Crippen molar-refractivity contribution in [3.63, 3.8) is 0 Å². The maximum Gasteiger partial charge on any atom is 0.248 e. The number of benzene rings is 1. The van der Waals surface area contributed by atoms with Crippen molar-refractivity contribution in [2.24, 2.45) is 0 Å². The smallest absolute Gasteiger partial charge is 0.248 e. The Morgan fingerprint density at radius 2 is 1.97 bits per heavy atom. The van der Waals surface area contributed by atoms with Crippen LogP contribution >= 0.6 is 11.6 Å². The molecule has 0 bridgehead atoms. The second-order valence-corrected chi connectivity index (χ2v) is 9.09. The van der Waals surface area contributed by atoms with Crippen LogP contribution in [0.2, 0.25) is 5.15 Å².